The van der Waals surface area contributed by atoms with Crippen molar-refractivity contribution in [2.75, 3.05) is 0 Å². The predicted molar refractivity (Wildman–Crippen MR) is 46.2 cm³/mol. The average Bonchev–Trinajstić information content (AvgIpc) is 2.97. The summed E-state index contributed by atoms with van der Waals surface area (Å²) in [5.41, 5.74) is -2.62. The number of aromatic nitrogens is 1. The van der Waals surface area contributed by atoms with Crippen LogP contribution in [0.1, 0.15) is 23.3 Å². The third-order valence-corrected chi connectivity index (χ3v) is 2.69. The molecule has 6 heteroatoms. The van der Waals surface area contributed by atoms with Crippen LogP contribution in [0.5, 0.6) is 0 Å². The van der Waals surface area contributed by atoms with Crippen LogP contribution in [-0.4, -0.2) is 16.9 Å². The minimum absolute atomic E-state index is 0.214. The molecule has 1 fully saturated rings. The lowest BCUT2D eigenvalue weighted by Gasteiger charge is -2.16. The summed E-state index contributed by atoms with van der Waals surface area (Å²) in [6.45, 7) is 0. The molecule has 0 aliphatic heterocycles. The molecule has 2 rings (SSSR count). The second-order valence-corrected chi connectivity index (χ2v) is 3.77. The van der Waals surface area contributed by atoms with Gasteiger partial charge in [0, 0.05) is 0 Å². The third-order valence-electron chi connectivity index (χ3n) is 2.69. The monoisotopic (exact) mass is 233 g/mol. The van der Waals surface area contributed by atoms with Crippen molar-refractivity contribution < 1.29 is 22.4 Å². The van der Waals surface area contributed by atoms with Gasteiger partial charge in [0.15, 0.2) is 5.78 Å². The number of carbonyl (C=O) groups excluding carboxylic acids is 1. The molecule has 0 bridgehead atoms. The molecule has 0 N–H and O–H groups in total. The lowest BCUT2D eigenvalue weighted by molar-refractivity contribution is -0.171. The zero-order chi connectivity index (χ0) is 12.0. The second kappa shape index (κ2) is 3.26. The van der Waals surface area contributed by atoms with Crippen molar-refractivity contribution in [1.29, 1.82) is 0 Å². The van der Waals surface area contributed by atoms with Crippen molar-refractivity contribution in [2.24, 2.45) is 5.41 Å². The van der Waals surface area contributed by atoms with Crippen LogP contribution in [-0.2, 0) is 0 Å². The fourth-order valence-electron chi connectivity index (χ4n) is 1.52. The average molecular weight is 233 g/mol. The van der Waals surface area contributed by atoms with E-state index < -0.39 is 23.2 Å². The van der Waals surface area contributed by atoms with Crippen LogP contribution in [0.4, 0.5) is 17.6 Å². The summed E-state index contributed by atoms with van der Waals surface area (Å²) in [7, 11) is 0. The summed E-state index contributed by atoms with van der Waals surface area (Å²) in [5.74, 6) is -1.76. The fraction of sp³-hybridized carbons (Fsp3) is 0.400. The summed E-state index contributed by atoms with van der Waals surface area (Å²) < 4.78 is 50.3. The number of alkyl halides is 3. The van der Waals surface area contributed by atoms with Gasteiger partial charge in [-0.1, -0.05) is 0 Å². The van der Waals surface area contributed by atoms with Crippen molar-refractivity contribution in [2.45, 2.75) is 19.0 Å². The lowest BCUT2D eigenvalue weighted by Crippen LogP contribution is -2.33. The summed E-state index contributed by atoms with van der Waals surface area (Å²) >= 11 is 0. The molecule has 1 heterocycles. The van der Waals surface area contributed by atoms with Crippen molar-refractivity contribution in [3.8, 4) is 0 Å². The normalized spacial score (nSPS) is 18.2. The van der Waals surface area contributed by atoms with E-state index in [2.05, 4.69) is 4.98 Å². The molecule has 1 aromatic rings. The van der Waals surface area contributed by atoms with Gasteiger partial charge in [-0.15, -0.1) is 0 Å². The van der Waals surface area contributed by atoms with Gasteiger partial charge >= 0.3 is 6.18 Å². The van der Waals surface area contributed by atoms with Gasteiger partial charge in [-0.05, 0) is 25.0 Å². The van der Waals surface area contributed by atoms with Crippen LogP contribution in [0.3, 0.4) is 0 Å². The van der Waals surface area contributed by atoms with Crippen LogP contribution in [0, 0.1) is 11.2 Å². The molecule has 86 valence electrons. The molecule has 0 atom stereocenters. The van der Waals surface area contributed by atoms with Crippen molar-refractivity contribution in [3.63, 3.8) is 0 Å². The van der Waals surface area contributed by atoms with E-state index in [9.17, 15) is 22.4 Å². The van der Waals surface area contributed by atoms with Crippen molar-refractivity contribution in [3.05, 3.63) is 29.8 Å². The van der Waals surface area contributed by atoms with E-state index in [-0.39, 0.29) is 18.5 Å². The molecule has 0 unspecified atom stereocenters. The van der Waals surface area contributed by atoms with E-state index in [0.717, 1.165) is 18.3 Å². The zero-order valence-electron chi connectivity index (χ0n) is 8.01. The van der Waals surface area contributed by atoms with Crippen LogP contribution in [0.2, 0.25) is 0 Å². The van der Waals surface area contributed by atoms with Gasteiger partial charge in [0.2, 0.25) is 0 Å². The summed E-state index contributed by atoms with van der Waals surface area (Å²) in [6.07, 6.45) is -4.25. The third kappa shape index (κ3) is 1.58. The first-order chi connectivity index (χ1) is 7.37. The highest BCUT2D eigenvalue weighted by atomic mass is 19.4. The zero-order valence-corrected chi connectivity index (χ0v) is 8.01. The summed E-state index contributed by atoms with van der Waals surface area (Å²) in [4.78, 5) is 15.0. The van der Waals surface area contributed by atoms with Crippen LogP contribution >= 0.6 is 0 Å². The molecule has 1 aliphatic rings. The predicted octanol–water partition coefficient (Wildman–Crippen LogP) is 2.75. The number of ketones is 1. The molecule has 0 aromatic carbocycles. The Bertz CT molecular complexity index is 419. The maximum atomic E-state index is 12.6. The molecule has 0 spiro atoms. The smallest absolute Gasteiger partial charge is 0.291 e. The molecule has 0 amide bonds. The molecular weight excluding hydrogens is 226 g/mol. The highest BCUT2D eigenvalue weighted by Crippen LogP contribution is 2.59. The largest absolute Gasteiger partial charge is 0.401 e. The molecule has 0 saturated heterocycles. The van der Waals surface area contributed by atoms with Gasteiger partial charge < -0.3 is 0 Å². The molecule has 1 aliphatic carbocycles. The van der Waals surface area contributed by atoms with Crippen LogP contribution < -0.4 is 0 Å². The number of pyridine rings is 1. The molecule has 16 heavy (non-hydrogen) atoms. The first kappa shape index (κ1) is 11.0. The van der Waals surface area contributed by atoms with Gasteiger partial charge in [0.1, 0.15) is 16.9 Å². The van der Waals surface area contributed by atoms with Gasteiger partial charge in [-0.3, -0.25) is 9.78 Å². The van der Waals surface area contributed by atoms with Crippen LogP contribution in [0.15, 0.2) is 18.3 Å². The van der Waals surface area contributed by atoms with Crippen LogP contribution in [0.25, 0.3) is 0 Å². The topological polar surface area (TPSA) is 30.0 Å². The number of Topliss-reactive ketones (excluding diaryl/α,β-unsaturated/α-hetero) is 1. The fourth-order valence-corrected chi connectivity index (χ4v) is 1.52. The number of hydrogen-bond donors (Lipinski definition) is 0. The van der Waals surface area contributed by atoms with Gasteiger partial charge in [-0.25, -0.2) is 4.39 Å². The molecule has 1 saturated carbocycles. The van der Waals surface area contributed by atoms with Crippen molar-refractivity contribution >= 4 is 5.78 Å². The molecular formula is C10H7F4NO. The highest BCUT2D eigenvalue weighted by Gasteiger charge is 2.68. The standard InChI is InChI=1S/C10H7F4NO/c11-6-1-2-7(15-5-6)8(16)9(3-4-9)10(12,13)14/h1-2,5H,3-4H2. The summed E-state index contributed by atoms with van der Waals surface area (Å²) in [6, 6.07) is 1.90. The number of carbonyl (C=O) groups is 1. The Morgan fingerprint density at radius 1 is 1.31 bits per heavy atom. The quantitative estimate of drug-likeness (QED) is 0.580. The molecule has 0 radical (unpaired) electrons. The van der Waals surface area contributed by atoms with E-state index in [1.807, 2.05) is 0 Å². The first-order valence-electron chi connectivity index (χ1n) is 4.60. The Balaban J connectivity index is 2.30. The first-order valence-corrected chi connectivity index (χ1v) is 4.60. The van der Waals surface area contributed by atoms with E-state index in [0.29, 0.717) is 0 Å². The Labute approximate surface area is 88.3 Å². The maximum absolute atomic E-state index is 12.6. The number of nitrogens with zero attached hydrogens (tertiary/aromatic N) is 1. The Morgan fingerprint density at radius 3 is 2.31 bits per heavy atom. The SMILES string of the molecule is O=C(c1ccc(F)cn1)C1(C(F)(F)F)CC1. The Kier molecular flexibility index (Phi) is 2.25. The summed E-state index contributed by atoms with van der Waals surface area (Å²) in [5, 5.41) is 0. The highest BCUT2D eigenvalue weighted by molar-refractivity contribution is 6.01. The minimum Gasteiger partial charge on any atom is -0.291 e. The van der Waals surface area contributed by atoms with Gasteiger partial charge in [0.25, 0.3) is 0 Å². The second-order valence-electron chi connectivity index (χ2n) is 3.77. The minimum atomic E-state index is -4.56. The number of rotatable bonds is 2. The van der Waals surface area contributed by atoms with Crippen molar-refractivity contribution in [1.82, 2.24) is 4.98 Å². The number of hydrogen-bond acceptors (Lipinski definition) is 2. The van der Waals surface area contributed by atoms with E-state index in [1.165, 1.54) is 0 Å². The molecule has 1 aromatic heterocycles. The maximum Gasteiger partial charge on any atom is 0.401 e. The van der Waals surface area contributed by atoms with E-state index in [4.69, 9.17) is 0 Å². The molecule has 2 nitrogen and oxygen atoms in total. The van der Waals surface area contributed by atoms with E-state index in [1.54, 1.807) is 0 Å². The number of halogens is 4. The van der Waals surface area contributed by atoms with Gasteiger partial charge in [-0.2, -0.15) is 13.2 Å². The van der Waals surface area contributed by atoms with Gasteiger partial charge in [0.05, 0.1) is 6.20 Å². The Morgan fingerprint density at radius 2 is 1.94 bits per heavy atom. The Hall–Kier alpha value is -1.46. The van der Waals surface area contributed by atoms with E-state index >= 15 is 0 Å². The lowest BCUT2D eigenvalue weighted by atomic mass is 9.97.